The van der Waals surface area contributed by atoms with Crippen molar-refractivity contribution in [3.63, 3.8) is 0 Å². The third-order valence-electron chi connectivity index (χ3n) is 4.74. The zero-order chi connectivity index (χ0) is 17.8. The summed E-state index contributed by atoms with van der Waals surface area (Å²) in [6.07, 6.45) is 6.54. The van der Waals surface area contributed by atoms with E-state index in [1.807, 2.05) is 73.1 Å². The summed E-state index contributed by atoms with van der Waals surface area (Å²) in [5, 5.41) is 0. The van der Waals surface area contributed by atoms with Crippen LogP contribution in [0.25, 0.3) is 0 Å². The molecule has 4 nitrogen and oxygen atoms in total. The van der Waals surface area contributed by atoms with Gasteiger partial charge < -0.3 is 14.2 Å². The van der Waals surface area contributed by atoms with Crippen LogP contribution in [0.4, 0.5) is 5.69 Å². The van der Waals surface area contributed by atoms with Crippen molar-refractivity contribution in [1.29, 1.82) is 0 Å². The average molecular weight is 346 g/mol. The van der Waals surface area contributed by atoms with Crippen LogP contribution in [0, 0.1) is 0 Å². The second-order valence-electron chi connectivity index (χ2n) is 6.63. The van der Waals surface area contributed by atoms with Crippen molar-refractivity contribution in [2.45, 2.75) is 19.4 Å². The summed E-state index contributed by atoms with van der Waals surface area (Å²) in [4.78, 5) is 14.7. The van der Waals surface area contributed by atoms with Gasteiger partial charge >= 0.3 is 5.97 Å². The number of aromatic nitrogens is 1. The van der Waals surface area contributed by atoms with E-state index in [9.17, 15) is 4.79 Å². The molecule has 0 spiro atoms. The van der Waals surface area contributed by atoms with Crippen LogP contribution in [0.15, 0.2) is 73.1 Å². The van der Waals surface area contributed by atoms with Crippen LogP contribution in [0.2, 0.25) is 0 Å². The van der Waals surface area contributed by atoms with Crippen molar-refractivity contribution in [3.8, 4) is 5.75 Å². The van der Waals surface area contributed by atoms with Gasteiger partial charge in [0.05, 0.1) is 5.56 Å². The van der Waals surface area contributed by atoms with Gasteiger partial charge in [-0.2, -0.15) is 0 Å². The van der Waals surface area contributed by atoms with Gasteiger partial charge in [0.25, 0.3) is 0 Å². The van der Waals surface area contributed by atoms with Gasteiger partial charge in [-0.25, -0.2) is 4.79 Å². The number of hydrogen-bond donors (Lipinski definition) is 0. The van der Waals surface area contributed by atoms with Crippen molar-refractivity contribution < 1.29 is 9.53 Å². The summed E-state index contributed by atoms with van der Waals surface area (Å²) in [7, 11) is 0. The van der Waals surface area contributed by atoms with Gasteiger partial charge in [-0.1, -0.05) is 12.1 Å². The molecular formula is C22H22N2O2. The zero-order valence-electron chi connectivity index (χ0n) is 14.7. The normalized spacial score (nSPS) is 13.8. The Kier molecular flexibility index (Phi) is 4.73. The van der Waals surface area contributed by atoms with Gasteiger partial charge in [-0.3, -0.25) is 0 Å². The summed E-state index contributed by atoms with van der Waals surface area (Å²) in [5.74, 6) is 0.251. The maximum absolute atomic E-state index is 12.3. The number of rotatable bonds is 5. The van der Waals surface area contributed by atoms with E-state index in [0.29, 0.717) is 11.3 Å². The highest BCUT2D eigenvalue weighted by atomic mass is 16.5. The van der Waals surface area contributed by atoms with Crippen molar-refractivity contribution in [2.24, 2.45) is 0 Å². The lowest BCUT2D eigenvalue weighted by Crippen LogP contribution is -2.17. The molecule has 0 N–H and O–H groups in total. The van der Waals surface area contributed by atoms with E-state index in [-0.39, 0.29) is 5.97 Å². The summed E-state index contributed by atoms with van der Waals surface area (Å²) in [5.41, 5.74) is 2.90. The first-order chi connectivity index (χ1) is 12.8. The van der Waals surface area contributed by atoms with Crippen LogP contribution in [-0.2, 0) is 6.54 Å². The summed E-state index contributed by atoms with van der Waals surface area (Å²) >= 11 is 0. The van der Waals surface area contributed by atoms with Crippen molar-refractivity contribution >= 4 is 11.7 Å². The Labute approximate surface area is 153 Å². The third kappa shape index (κ3) is 3.80. The highest BCUT2D eigenvalue weighted by Gasteiger charge is 2.13. The molecule has 26 heavy (non-hydrogen) atoms. The minimum Gasteiger partial charge on any atom is -0.423 e. The number of carbonyl (C=O) groups excluding carboxylic acids is 1. The van der Waals surface area contributed by atoms with E-state index in [2.05, 4.69) is 9.47 Å². The Morgan fingerprint density at radius 1 is 0.885 bits per heavy atom. The second kappa shape index (κ2) is 7.48. The number of anilines is 1. The average Bonchev–Trinajstić information content (AvgIpc) is 3.37. The van der Waals surface area contributed by atoms with E-state index < -0.39 is 0 Å². The first-order valence-electron chi connectivity index (χ1n) is 9.05. The number of ether oxygens (including phenoxy) is 1. The highest BCUT2D eigenvalue weighted by molar-refractivity contribution is 5.91. The SMILES string of the molecule is O=C(Oc1ccc(N2CCCC2)cc1)c1ccc(Cn2cccc2)cc1. The molecule has 1 aliphatic rings. The molecule has 4 rings (SSSR count). The van der Waals surface area contributed by atoms with Crippen LogP contribution < -0.4 is 9.64 Å². The number of esters is 1. The molecule has 1 saturated heterocycles. The Balaban J connectivity index is 1.38. The van der Waals surface area contributed by atoms with Crippen molar-refractivity contribution in [3.05, 3.63) is 84.2 Å². The predicted molar refractivity (Wildman–Crippen MR) is 103 cm³/mol. The standard InChI is InChI=1S/C22H22N2O2/c25-22(19-7-5-18(6-8-19)17-23-13-1-2-14-23)26-21-11-9-20(10-12-21)24-15-3-4-16-24/h1-2,5-14H,3-4,15-17H2. The number of nitrogens with zero attached hydrogens (tertiary/aromatic N) is 2. The number of carbonyl (C=O) groups is 1. The molecule has 0 radical (unpaired) electrons. The molecule has 0 saturated carbocycles. The lowest BCUT2D eigenvalue weighted by Gasteiger charge is -2.17. The molecule has 2 aromatic carbocycles. The highest BCUT2D eigenvalue weighted by Crippen LogP contribution is 2.23. The molecular weight excluding hydrogens is 324 g/mol. The Bertz CT molecular complexity index is 846. The van der Waals surface area contributed by atoms with Crippen LogP contribution in [0.1, 0.15) is 28.8 Å². The van der Waals surface area contributed by atoms with Crippen LogP contribution >= 0.6 is 0 Å². The predicted octanol–water partition coefficient (Wildman–Crippen LogP) is 4.36. The van der Waals surface area contributed by atoms with E-state index in [1.165, 1.54) is 18.5 Å². The Hall–Kier alpha value is -3.01. The van der Waals surface area contributed by atoms with E-state index in [1.54, 1.807) is 0 Å². The first kappa shape index (κ1) is 16.5. The van der Waals surface area contributed by atoms with Gasteiger partial charge in [0.1, 0.15) is 5.75 Å². The van der Waals surface area contributed by atoms with Gasteiger partial charge in [-0.15, -0.1) is 0 Å². The topological polar surface area (TPSA) is 34.5 Å². The molecule has 0 atom stereocenters. The Morgan fingerprint density at radius 3 is 2.19 bits per heavy atom. The Morgan fingerprint density at radius 2 is 1.54 bits per heavy atom. The van der Waals surface area contributed by atoms with Gasteiger partial charge in [0.15, 0.2) is 0 Å². The maximum atomic E-state index is 12.3. The molecule has 4 heteroatoms. The quantitative estimate of drug-likeness (QED) is 0.509. The van der Waals surface area contributed by atoms with E-state index in [4.69, 9.17) is 4.74 Å². The monoisotopic (exact) mass is 346 g/mol. The maximum Gasteiger partial charge on any atom is 0.343 e. The molecule has 2 heterocycles. The van der Waals surface area contributed by atoms with Crippen LogP contribution in [0.5, 0.6) is 5.75 Å². The fraction of sp³-hybridized carbons (Fsp3) is 0.227. The van der Waals surface area contributed by atoms with E-state index in [0.717, 1.165) is 25.2 Å². The van der Waals surface area contributed by atoms with Gasteiger partial charge in [-0.05, 0) is 66.9 Å². The van der Waals surface area contributed by atoms with Crippen LogP contribution in [-0.4, -0.2) is 23.6 Å². The molecule has 1 aliphatic heterocycles. The van der Waals surface area contributed by atoms with Crippen molar-refractivity contribution in [1.82, 2.24) is 4.57 Å². The fourth-order valence-corrected chi connectivity index (χ4v) is 3.30. The summed E-state index contributed by atoms with van der Waals surface area (Å²) in [6.45, 7) is 3.00. The summed E-state index contributed by atoms with van der Waals surface area (Å²) < 4.78 is 7.59. The zero-order valence-corrected chi connectivity index (χ0v) is 14.7. The van der Waals surface area contributed by atoms with Gasteiger partial charge in [0, 0.05) is 37.7 Å². The minimum absolute atomic E-state index is 0.327. The summed E-state index contributed by atoms with van der Waals surface area (Å²) in [6, 6.07) is 19.3. The largest absolute Gasteiger partial charge is 0.423 e. The lowest BCUT2D eigenvalue weighted by molar-refractivity contribution is 0.0735. The first-order valence-corrected chi connectivity index (χ1v) is 9.05. The number of benzene rings is 2. The molecule has 3 aromatic rings. The molecule has 1 fully saturated rings. The van der Waals surface area contributed by atoms with Gasteiger partial charge in [0.2, 0.25) is 0 Å². The molecule has 0 amide bonds. The second-order valence-corrected chi connectivity index (χ2v) is 6.63. The van der Waals surface area contributed by atoms with E-state index >= 15 is 0 Å². The fourth-order valence-electron chi connectivity index (χ4n) is 3.30. The number of hydrogen-bond acceptors (Lipinski definition) is 3. The third-order valence-corrected chi connectivity index (χ3v) is 4.74. The smallest absolute Gasteiger partial charge is 0.343 e. The van der Waals surface area contributed by atoms with Crippen LogP contribution in [0.3, 0.4) is 0 Å². The lowest BCUT2D eigenvalue weighted by atomic mass is 10.1. The molecule has 0 unspecified atom stereocenters. The molecule has 132 valence electrons. The minimum atomic E-state index is -0.327. The molecule has 0 bridgehead atoms. The van der Waals surface area contributed by atoms with Crippen molar-refractivity contribution in [2.75, 3.05) is 18.0 Å². The molecule has 0 aliphatic carbocycles. The molecule has 1 aromatic heterocycles.